The molecule has 0 unspecified atom stereocenters. The second kappa shape index (κ2) is 3.44. The standard InChI is InChI=1S/C7H5ClFNO/c8-7-5(3-4-11)1-2-6(9)10-7/h1-2,4H,3H2. The van der Waals surface area contributed by atoms with Gasteiger partial charge >= 0.3 is 0 Å². The van der Waals surface area contributed by atoms with Crippen LogP contribution in [0.4, 0.5) is 4.39 Å². The van der Waals surface area contributed by atoms with Gasteiger partial charge in [-0.15, -0.1) is 0 Å². The van der Waals surface area contributed by atoms with Gasteiger partial charge < -0.3 is 4.79 Å². The predicted molar refractivity (Wildman–Crippen MR) is 39.0 cm³/mol. The first kappa shape index (κ1) is 8.14. The Morgan fingerprint density at radius 3 is 2.91 bits per heavy atom. The van der Waals surface area contributed by atoms with E-state index in [1.165, 1.54) is 12.1 Å². The molecule has 0 saturated heterocycles. The molecule has 0 aromatic carbocycles. The number of carbonyl (C=O) groups excluding carboxylic acids is 1. The van der Waals surface area contributed by atoms with Crippen LogP contribution in [0, 0.1) is 5.95 Å². The van der Waals surface area contributed by atoms with Crippen molar-refractivity contribution in [3.8, 4) is 0 Å². The van der Waals surface area contributed by atoms with Gasteiger partial charge in [-0.2, -0.15) is 4.39 Å². The van der Waals surface area contributed by atoms with Gasteiger partial charge in [0.2, 0.25) is 5.95 Å². The first-order chi connectivity index (χ1) is 5.24. The van der Waals surface area contributed by atoms with Gasteiger partial charge in [-0.3, -0.25) is 0 Å². The highest BCUT2D eigenvalue weighted by Gasteiger charge is 2.01. The smallest absolute Gasteiger partial charge is 0.214 e. The van der Waals surface area contributed by atoms with E-state index in [1.54, 1.807) is 0 Å². The monoisotopic (exact) mass is 173 g/mol. The fourth-order valence-electron chi connectivity index (χ4n) is 0.683. The number of pyridine rings is 1. The summed E-state index contributed by atoms with van der Waals surface area (Å²) < 4.78 is 12.3. The van der Waals surface area contributed by atoms with Crippen LogP contribution in [-0.2, 0) is 11.2 Å². The molecule has 0 N–H and O–H groups in total. The summed E-state index contributed by atoms with van der Waals surface area (Å²) in [5.41, 5.74) is 0.545. The Balaban J connectivity index is 2.98. The highest BCUT2D eigenvalue weighted by molar-refractivity contribution is 6.30. The number of carbonyl (C=O) groups is 1. The van der Waals surface area contributed by atoms with Crippen molar-refractivity contribution in [1.82, 2.24) is 4.98 Å². The van der Waals surface area contributed by atoms with Crippen LogP contribution in [0.15, 0.2) is 12.1 Å². The first-order valence-corrected chi connectivity index (χ1v) is 3.36. The molecule has 58 valence electrons. The molecule has 1 aromatic heterocycles. The van der Waals surface area contributed by atoms with Crippen molar-refractivity contribution in [2.45, 2.75) is 6.42 Å². The molecule has 1 aromatic rings. The maximum atomic E-state index is 12.3. The molecule has 1 rings (SSSR count). The maximum Gasteiger partial charge on any atom is 0.214 e. The maximum absolute atomic E-state index is 12.3. The summed E-state index contributed by atoms with van der Waals surface area (Å²) in [5.74, 6) is -0.635. The Morgan fingerprint density at radius 2 is 2.36 bits per heavy atom. The molecule has 0 spiro atoms. The third-order valence-corrected chi connectivity index (χ3v) is 1.52. The number of rotatable bonds is 2. The number of hydrogen-bond acceptors (Lipinski definition) is 2. The van der Waals surface area contributed by atoms with Crippen molar-refractivity contribution in [2.75, 3.05) is 0 Å². The van der Waals surface area contributed by atoms with E-state index in [4.69, 9.17) is 11.6 Å². The highest BCUT2D eigenvalue weighted by Crippen LogP contribution is 2.12. The van der Waals surface area contributed by atoms with Gasteiger partial charge in [0.1, 0.15) is 11.4 Å². The van der Waals surface area contributed by atoms with Crippen LogP contribution in [0.25, 0.3) is 0 Å². The van der Waals surface area contributed by atoms with E-state index in [9.17, 15) is 9.18 Å². The SMILES string of the molecule is O=CCc1ccc(F)nc1Cl. The molecule has 0 aliphatic rings. The summed E-state index contributed by atoms with van der Waals surface area (Å²) in [5, 5.41) is 0.0529. The zero-order chi connectivity index (χ0) is 8.27. The quantitative estimate of drug-likeness (QED) is 0.503. The zero-order valence-corrected chi connectivity index (χ0v) is 6.31. The van der Waals surface area contributed by atoms with Gasteiger partial charge in [0, 0.05) is 6.42 Å². The molecule has 0 aliphatic heterocycles. The van der Waals surface area contributed by atoms with E-state index < -0.39 is 5.95 Å². The Morgan fingerprint density at radius 1 is 1.64 bits per heavy atom. The van der Waals surface area contributed by atoms with Crippen LogP contribution in [0.5, 0.6) is 0 Å². The Kier molecular flexibility index (Phi) is 2.54. The van der Waals surface area contributed by atoms with Crippen LogP contribution in [0.3, 0.4) is 0 Å². The molecule has 0 atom stereocenters. The van der Waals surface area contributed by atoms with Gasteiger partial charge in [0.15, 0.2) is 0 Å². The minimum Gasteiger partial charge on any atom is -0.303 e. The molecule has 0 amide bonds. The average Bonchev–Trinajstić information content (AvgIpc) is 1.95. The zero-order valence-electron chi connectivity index (χ0n) is 5.55. The summed E-state index contributed by atoms with van der Waals surface area (Å²) in [6, 6.07) is 2.61. The second-order valence-electron chi connectivity index (χ2n) is 1.95. The number of aldehydes is 1. The summed E-state index contributed by atoms with van der Waals surface area (Å²) in [4.78, 5) is 13.4. The summed E-state index contributed by atoms with van der Waals surface area (Å²) >= 11 is 5.50. The lowest BCUT2D eigenvalue weighted by atomic mass is 10.2. The molecule has 0 fully saturated rings. The van der Waals surface area contributed by atoms with Gasteiger partial charge in [-0.25, -0.2) is 4.98 Å². The van der Waals surface area contributed by atoms with Crippen LogP contribution >= 0.6 is 11.6 Å². The van der Waals surface area contributed by atoms with Gasteiger partial charge in [0.25, 0.3) is 0 Å². The van der Waals surface area contributed by atoms with E-state index in [-0.39, 0.29) is 11.6 Å². The van der Waals surface area contributed by atoms with Crippen LogP contribution in [-0.4, -0.2) is 11.3 Å². The molecule has 0 saturated carbocycles. The molecule has 0 aliphatic carbocycles. The lowest BCUT2D eigenvalue weighted by molar-refractivity contribution is -0.107. The lowest BCUT2D eigenvalue weighted by Crippen LogP contribution is -1.91. The normalized spacial score (nSPS) is 9.64. The molecular formula is C7H5ClFNO. The van der Waals surface area contributed by atoms with Crippen LogP contribution < -0.4 is 0 Å². The molecule has 1 heterocycles. The fraction of sp³-hybridized carbons (Fsp3) is 0.143. The molecule has 0 radical (unpaired) electrons. The molecule has 0 bridgehead atoms. The third kappa shape index (κ3) is 1.98. The molecule has 2 nitrogen and oxygen atoms in total. The van der Waals surface area contributed by atoms with Crippen molar-refractivity contribution in [1.29, 1.82) is 0 Å². The van der Waals surface area contributed by atoms with Crippen molar-refractivity contribution < 1.29 is 9.18 Å². The Labute approximate surface area is 68.0 Å². The number of aromatic nitrogens is 1. The van der Waals surface area contributed by atoms with Crippen LogP contribution in [0.2, 0.25) is 5.15 Å². The van der Waals surface area contributed by atoms with Gasteiger partial charge in [0.05, 0.1) is 0 Å². The minimum absolute atomic E-state index is 0.0529. The molecular weight excluding hydrogens is 169 g/mol. The van der Waals surface area contributed by atoms with Crippen molar-refractivity contribution in [2.24, 2.45) is 0 Å². The van der Waals surface area contributed by atoms with Gasteiger partial charge in [-0.05, 0) is 11.6 Å². The summed E-state index contributed by atoms with van der Waals surface area (Å²) in [7, 11) is 0. The average molecular weight is 174 g/mol. The largest absolute Gasteiger partial charge is 0.303 e. The number of hydrogen-bond donors (Lipinski definition) is 0. The second-order valence-corrected chi connectivity index (χ2v) is 2.31. The topological polar surface area (TPSA) is 30.0 Å². The first-order valence-electron chi connectivity index (χ1n) is 2.98. The Bertz CT molecular complexity index is 277. The predicted octanol–water partition coefficient (Wildman–Crippen LogP) is 1.62. The van der Waals surface area contributed by atoms with Crippen molar-refractivity contribution >= 4 is 17.9 Å². The summed E-state index contributed by atoms with van der Waals surface area (Å²) in [6.45, 7) is 0. The van der Waals surface area contributed by atoms with E-state index >= 15 is 0 Å². The van der Waals surface area contributed by atoms with E-state index in [2.05, 4.69) is 4.98 Å². The van der Waals surface area contributed by atoms with Crippen LogP contribution in [0.1, 0.15) is 5.56 Å². The van der Waals surface area contributed by atoms with E-state index in [0.717, 1.165) is 0 Å². The summed E-state index contributed by atoms with van der Waals surface area (Å²) in [6.07, 6.45) is 0.868. The lowest BCUT2D eigenvalue weighted by Gasteiger charge is -1.96. The van der Waals surface area contributed by atoms with Crippen molar-refractivity contribution in [3.05, 3.63) is 28.8 Å². The van der Waals surface area contributed by atoms with Crippen molar-refractivity contribution in [3.63, 3.8) is 0 Å². The van der Waals surface area contributed by atoms with Gasteiger partial charge in [-0.1, -0.05) is 17.7 Å². The van der Waals surface area contributed by atoms with E-state index in [1.807, 2.05) is 0 Å². The number of nitrogens with zero attached hydrogens (tertiary/aromatic N) is 1. The third-order valence-electron chi connectivity index (χ3n) is 1.20. The minimum atomic E-state index is -0.635. The Hall–Kier alpha value is -0.960. The fourth-order valence-corrected chi connectivity index (χ4v) is 0.904. The molecule has 4 heteroatoms. The highest BCUT2D eigenvalue weighted by atomic mass is 35.5. The molecule has 11 heavy (non-hydrogen) atoms. The number of halogens is 2. The van der Waals surface area contributed by atoms with E-state index in [0.29, 0.717) is 11.8 Å².